The second-order valence-corrected chi connectivity index (χ2v) is 5.36. The topological polar surface area (TPSA) is 55.8 Å². The van der Waals surface area contributed by atoms with Gasteiger partial charge in [-0.3, -0.25) is 9.59 Å². The van der Waals surface area contributed by atoms with Crippen molar-refractivity contribution in [3.05, 3.63) is 0 Å². The second-order valence-electron chi connectivity index (χ2n) is 5.36. The molecule has 0 aromatic rings. The average Bonchev–Trinajstić information content (AvgIpc) is 2.89. The van der Waals surface area contributed by atoms with E-state index in [9.17, 15) is 9.59 Å². The number of nitrogens with zero attached hydrogens (tertiary/aromatic N) is 1. The van der Waals surface area contributed by atoms with Crippen molar-refractivity contribution in [2.75, 3.05) is 6.61 Å². The van der Waals surface area contributed by atoms with Gasteiger partial charge in [0.1, 0.15) is 0 Å². The van der Waals surface area contributed by atoms with Gasteiger partial charge < -0.3 is 0 Å². The van der Waals surface area contributed by atoms with Gasteiger partial charge >= 0.3 is 0 Å². The van der Waals surface area contributed by atoms with E-state index < -0.39 is 0 Å². The number of rotatable bonds is 4. The standard InChI is InChI=1S/C14H17NO4/c16-13-7-8-14(17)15(13)19-18-9-12-10-5-3-1-2-4-6-11(10)12/h10-12H,3-9H2/t10-,11+,12-. The van der Waals surface area contributed by atoms with Gasteiger partial charge in [-0.05, 0) is 30.6 Å². The number of hydrogen-bond acceptors (Lipinski definition) is 4. The van der Waals surface area contributed by atoms with Crippen molar-refractivity contribution in [3.63, 3.8) is 0 Å². The number of hydroxylamine groups is 2. The highest BCUT2D eigenvalue weighted by molar-refractivity contribution is 6.00. The Labute approximate surface area is 112 Å². The van der Waals surface area contributed by atoms with Crippen molar-refractivity contribution in [2.24, 2.45) is 17.8 Å². The van der Waals surface area contributed by atoms with Crippen molar-refractivity contribution in [1.29, 1.82) is 0 Å². The zero-order valence-electron chi connectivity index (χ0n) is 10.8. The van der Waals surface area contributed by atoms with E-state index in [4.69, 9.17) is 9.88 Å². The first kappa shape index (κ1) is 12.6. The summed E-state index contributed by atoms with van der Waals surface area (Å²) in [6, 6.07) is 0. The van der Waals surface area contributed by atoms with E-state index in [1.165, 1.54) is 0 Å². The molecular weight excluding hydrogens is 246 g/mol. The highest BCUT2D eigenvalue weighted by Gasteiger charge is 2.49. The third kappa shape index (κ3) is 2.65. The van der Waals surface area contributed by atoms with Crippen LogP contribution >= 0.6 is 0 Å². The van der Waals surface area contributed by atoms with Crippen LogP contribution in [0.5, 0.6) is 0 Å². The second kappa shape index (κ2) is 5.32. The van der Waals surface area contributed by atoms with Crippen LogP contribution in [0.2, 0.25) is 0 Å². The monoisotopic (exact) mass is 263 g/mol. The molecule has 2 fully saturated rings. The lowest BCUT2D eigenvalue weighted by molar-refractivity contribution is -0.395. The predicted molar refractivity (Wildman–Crippen MR) is 64.8 cm³/mol. The summed E-state index contributed by atoms with van der Waals surface area (Å²) in [5.74, 6) is 7.50. The van der Waals surface area contributed by atoms with Crippen molar-refractivity contribution in [1.82, 2.24) is 5.06 Å². The van der Waals surface area contributed by atoms with Gasteiger partial charge in [0, 0.05) is 25.7 Å². The Kier molecular flexibility index (Phi) is 3.54. The van der Waals surface area contributed by atoms with E-state index in [-0.39, 0.29) is 24.7 Å². The molecule has 1 saturated carbocycles. The molecule has 5 heteroatoms. The molecule has 1 aliphatic heterocycles. The summed E-state index contributed by atoms with van der Waals surface area (Å²) in [5, 5.41) is 0.744. The van der Waals surface area contributed by atoms with Gasteiger partial charge in [-0.2, -0.15) is 0 Å². The van der Waals surface area contributed by atoms with Crippen LogP contribution in [0.3, 0.4) is 0 Å². The molecule has 1 saturated heterocycles. The van der Waals surface area contributed by atoms with Crippen LogP contribution in [0.15, 0.2) is 0 Å². The molecule has 0 N–H and O–H groups in total. The van der Waals surface area contributed by atoms with Gasteiger partial charge in [0.2, 0.25) is 0 Å². The van der Waals surface area contributed by atoms with Gasteiger partial charge in [0.05, 0.1) is 6.61 Å². The van der Waals surface area contributed by atoms with Crippen LogP contribution < -0.4 is 0 Å². The fourth-order valence-electron chi connectivity index (χ4n) is 3.08. The summed E-state index contributed by atoms with van der Waals surface area (Å²) in [6.07, 6.45) is 4.59. The Bertz CT molecular complexity index is 416. The third-order valence-electron chi connectivity index (χ3n) is 4.23. The zero-order chi connectivity index (χ0) is 13.2. The maximum Gasteiger partial charge on any atom is 0.256 e. The lowest BCUT2D eigenvalue weighted by Crippen LogP contribution is -2.29. The number of imide groups is 1. The molecule has 0 aromatic heterocycles. The minimum absolute atomic E-state index is 0.216. The highest BCUT2D eigenvalue weighted by atomic mass is 17.3. The lowest BCUT2D eigenvalue weighted by atomic mass is 10.1. The predicted octanol–water partition coefficient (Wildman–Crippen LogP) is 1.44. The number of carbonyl (C=O) groups excluding carboxylic acids is 2. The van der Waals surface area contributed by atoms with Crippen molar-refractivity contribution >= 4 is 11.8 Å². The molecular formula is C14H17NO4. The first-order chi connectivity index (χ1) is 9.27. The van der Waals surface area contributed by atoms with E-state index in [0.29, 0.717) is 24.4 Å². The molecule has 0 radical (unpaired) electrons. The van der Waals surface area contributed by atoms with Crippen LogP contribution in [0.4, 0.5) is 0 Å². The van der Waals surface area contributed by atoms with Gasteiger partial charge in [0.15, 0.2) is 0 Å². The zero-order valence-corrected chi connectivity index (χ0v) is 10.8. The summed E-state index contributed by atoms with van der Waals surface area (Å²) in [4.78, 5) is 32.6. The lowest BCUT2D eigenvalue weighted by Gasteiger charge is -2.11. The van der Waals surface area contributed by atoms with E-state index >= 15 is 0 Å². The van der Waals surface area contributed by atoms with Crippen molar-refractivity contribution in [2.45, 2.75) is 38.5 Å². The SMILES string of the molecule is O=C1CCC(=O)N1OOC[C@@H]1[C@@H]2CCC#CCC[C@@H]21. The van der Waals surface area contributed by atoms with Gasteiger partial charge in [0.25, 0.3) is 11.8 Å². The fraction of sp³-hybridized carbons (Fsp3) is 0.714. The van der Waals surface area contributed by atoms with Crippen LogP contribution in [-0.4, -0.2) is 23.5 Å². The summed E-state index contributed by atoms with van der Waals surface area (Å²) >= 11 is 0. The number of hydrogen-bond donors (Lipinski definition) is 0. The molecule has 2 aliphatic carbocycles. The summed E-state index contributed by atoms with van der Waals surface area (Å²) in [6.45, 7) is 0.451. The van der Waals surface area contributed by atoms with Gasteiger partial charge in [-0.15, -0.1) is 21.9 Å². The van der Waals surface area contributed by atoms with Crippen LogP contribution in [0.25, 0.3) is 0 Å². The molecule has 0 bridgehead atoms. The average molecular weight is 263 g/mol. The van der Waals surface area contributed by atoms with Crippen LogP contribution in [0, 0.1) is 29.6 Å². The maximum absolute atomic E-state index is 11.3. The molecule has 0 spiro atoms. The highest BCUT2D eigenvalue weighted by Crippen LogP contribution is 2.52. The van der Waals surface area contributed by atoms with Crippen molar-refractivity contribution in [3.8, 4) is 11.8 Å². The Morgan fingerprint density at radius 3 is 2.21 bits per heavy atom. The Morgan fingerprint density at radius 1 is 1.05 bits per heavy atom. The summed E-state index contributed by atoms with van der Waals surface area (Å²) < 4.78 is 0. The molecule has 102 valence electrons. The summed E-state index contributed by atoms with van der Waals surface area (Å²) in [5.41, 5.74) is 0. The Hall–Kier alpha value is -1.38. The largest absolute Gasteiger partial charge is 0.272 e. The first-order valence-electron chi connectivity index (χ1n) is 6.88. The molecule has 0 unspecified atom stereocenters. The summed E-state index contributed by atoms with van der Waals surface area (Å²) in [7, 11) is 0. The van der Waals surface area contributed by atoms with Crippen LogP contribution in [0.1, 0.15) is 38.5 Å². The number of carbonyl (C=O) groups is 2. The number of amides is 2. The minimum atomic E-state index is -0.319. The third-order valence-corrected chi connectivity index (χ3v) is 4.23. The van der Waals surface area contributed by atoms with E-state index in [2.05, 4.69) is 11.8 Å². The van der Waals surface area contributed by atoms with E-state index in [1.807, 2.05) is 0 Å². The quantitative estimate of drug-likeness (QED) is 0.333. The van der Waals surface area contributed by atoms with Gasteiger partial charge in [-0.25, -0.2) is 4.89 Å². The number of fused-ring (bicyclic) bond motifs is 1. The van der Waals surface area contributed by atoms with Crippen LogP contribution in [-0.2, 0) is 19.5 Å². The molecule has 19 heavy (non-hydrogen) atoms. The fourth-order valence-corrected chi connectivity index (χ4v) is 3.08. The Morgan fingerprint density at radius 2 is 1.63 bits per heavy atom. The molecule has 3 rings (SSSR count). The minimum Gasteiger partial charge on any atom is -0.272 e. The van der Waals surface area contributed by atoms with Gasteiger partial charge in [-0.1, -0.05) is 0 Å². The van der Waals surface area contributed by atoms with E-state index in [0.717, 1.165) is 30.7 Å². The molecule has 5 nitrogen and oxygen atoms in total. The molecule has 2 amide bonds. The molecule has 3 atom stereocenters. The molecule has 0 aromatic carbocycles. The Balaban J connectivity index is 1.42. The molecule has 3 aliphatic rings. The normalized spacial score (nSPS) is 33.3. The van der Waals surface area contributed by atoms with Crippen molar-refractivity contribution < 1.29 is 19.5 Å². The maximum atomic E-state index is 11.3. The molecule has 1 heterocycles. The first-order valence-corrected chi connectivity index (χ1v) is 6.88. The van der Waals surface area contributed by atoms with E-state index in [1.54, 1.807) is 0 Å². The smallest absolute Gasteiger partial charge is 0.256 e.